The number of nitrogens with zero attached hydrogens (tertiary/aromatic N) is 1. The molecule has 1 N–H and O–H groups in total. The summed E-state index contributed by atoms with van der Waals surface area (Å²) in [5.41, 5.74) is 0.502. The fourth-order valence-electron chi connectivity index (χ4n) is 1.03. The van der Waals surface area contributed by atoms with Gasteiger partial charge >= 0.3 is 0 Å². The molecule has 0 atom stereocenters. The molecule has 5 heteroatoms. The van der Waals surface area contributed by atoms with Gasteiger partial charge < -0.3 is 10.1 Å². The zero-order valence-electron chi connectivity index (χ0n) is 8.08. The van der Waals surface area contributed by atoms with Gasteiger partial charge in [-0.05, 0) is 12.1 Å². The van der Waals surface area contributed by atoms with Crippen molar-refractivity contribution in [3.8, 4) is 11.8 Å². The molecule has 0 saturated carbocycles. The lowest BCUT2D eigenvalue weighted by Crippen LogP contribution is -2.10. The van der Waals surface area contributed by atoms with Gasteiger partial charge in [0.05, 0.1) is 18.9 Å². The number of nitriles is 1. The monoisotopic (exact) mass is 224 g/mol. The van der Waals surface area contributed by atoms with Crippen LogP contribution in [0.5, 0.6) is 5.75 Å². The summed E-state index contributed by atoms with van der Waals surface area (Å²) < 4.78 is 5.02. The summed E-state index contributed by atoms with van der Waals surface area (Å²) in [5, 5.41) is 11.4. The second-order valence-electron chi connectivity index (χ2n) is 2.73. The highest BCUT2D eigenvalue weighted by atomic mass is 35.5. The van der Waals surface area contributed by atoms with Gasteiger partial charge in [-0.15, -0.1) is 0 Å². The fraction of sp³-hybridized carbons (Fsp3) is 0.200. The standard InChI is InChI=1S/C10H9ClN2O2/c1-15-9-6-7(11)2-3-8(9)13-10(14)4-5-12/h2-3,6H,4H2,1H3,(H,13,14). The molecule has 1 rings (SSSR count). The molecular formula is C10H9ClN2O2. The summed E-state index contributed by atoms with van der Waals surface area (Å²) in [6.07, 6.45) is -0.189. The first-order valence-electron chi connectivity index (χ1n) is 4.17. The number of amides is 1. The smallest absolute Gasteiger partial charge is 0.238 e. The molecule has 0 aliphatic carbocycles. The third-order valence-electron chi connectivity index (χ3n) is 1.68. The SMILES string of the molecule is COc1cc(Cl)ccc1NC(=O)CC#N. The van der Waals surface area contributed by atoms with Crippen LogP contribution in [0.2, 0.25) is 5.02 Å². The highest BCUT2D eigenvalue weighted by molar-refractivity contribution is 6.30. The molecule has 0 aliphatic rings. The van der Waals surface area contributed by atoms with E-state index in [0.717, 1.165) is 0 Å². The molecule has 0 aliphatic heterocycles. The number of carbonyl (C=O) groups excluding carboxylic acids is 1. The van der Waals surface area contributed by atoms with E-state index in [1.165, 1.54) is 7.11 Å². The lowest BCUT2D eigenvalue weighted by atomic mass is 10.3. The maximum atomic E-state index is 11.1. The van der Waals surface area contributed by atoms with Gasteiger partial charge in [-0.25, -0.2) is 0 Å². The van der Waals surface area contributed by atoms with E-state index in [1.807, 2.05) is 0 Å². The van der Waals surface area contributed by atoms with Crippen molar-refractivity contribution in [2.45, 2.75) is 6.42 Å². The topological polar surface area (TPSA) is 62.1 Å². The molecule has 0 aromatic heterocycles. The van der Waals surface area contributed by atoms with Crippen LogP contribution in [-0.2, 0) is 4.79 Å². The molecule has 1 aromatic carbocycles. The van der Waals surface area contributed by atoms with E-state index in [0.29, 0.717) is 16.5 Å². The summed E-state index contributed by atoms with van der Waals surface area (Å²) in [7, 11) is 1.48. The van der Waals surface area contributed by atoms with Crippen LogP contribution in [0.25, 0.3) is 0 Å². The van der Waals surface area contributed by atoms with Crippen molar-refractivity contribution < 1.29 is 9.53 Å². The minimum atomic E-state index is -0.377. The predicted molar refractivity (Wildman–Crippen MR) is 56.9 cm³/mol. The van der Waals surface area contributed by atoms with Crippen molar-refractivity contribution in [3.63, 3.8) is 0 Å². The summed E-state index contributed by atoms with van der Waals surface area (Å²) in [5.74, 6) is 0.0897. The first kappa shape index (κ1) is 11.3. The number of anilines is 1. The van der Waals surface area contributed by atoms with Gasteiger partial charge in [0.1, 0.15) is 12.2 Å². The van der Waals surface area contributed by atoms with Crippen LogP contribution in [0.3, 0.4) is 0 Å². The summed E-state index contributed by atoms with van der Waals surface area (Å²) in [6.45, 7) is 0. The van der Waals surface area contributed by atoms with E-state index in [2.05, 4.69) is 5.32 Å². The Kier molecular flexibility index (Phi) is 3.95. The number of ether oxygens (including phenoxy) is 1. The van der Waals surface area contributed by atoms with Crippen molar-refractivity contribution in [2.24, 2.45) is 0 Å². The first-order valence-corrected chi connectivity index (χ1v) is 4.55. The second-order valence-corrected chi connectivity index (χ2v) is 3.16. The maximum Gasteiger partial charge on any atom is 0.238 e. The summed E-state index contributed by atoms with van der Waals surface area (Å²) in [4.78, 5) is 11.1. The molecule has 0 fully saturated rings. The molecular weight excluding hydrogens is 216 g/mol. The molecule has 78 valence electrons. The van der Waals surface area contributed by atoms with Crippen molar-refractivity contribution in [1.29, 1.82) is 5.26 Å². The number of carbonyl (C=O) groups is 1. The molecule has 0 bridgehead atoms. The summed E-state index contributed by atoms with van der Waals surface area (Å²) >= 11 is 5.75. The van der Waals surface area contributed by atoms with E-state index in [4.69, 9.17) is 21.6 Å². The van der Waals surface area contributed by atoms with Gasteiger partial charge in [0, 0.05) is 11.1 Å². The Labute approximate surface area is 92.4 Å². The van der Waals surface area contributed by atoms with Gasteiger partial charge in [0.15, 0.2) is 0 Å². The number of benzene rings is 1. The number of nitrogens with one attached hydrogen (secondary N) is 1. The largest absolute Gasteiger partial charge is 0.495 e. The number of rotatable bonds is 3. The molecule has 0 saturated heterocycles. The van der Waals surface area contributed by atoms with E-state index >= 15 is 0 Å². The number of halogens is 1. The Morgan fingerprint density at radius 2 is 2.40 bits per heavy atom. The average molecular weight is 225 g/mol. The van der Waals surface area contributed by atoms with Crippen LogP contribution < -0.4 is 10.1 Å². The van der Waals surface area contributed by atoms with Crippen LogP contribution in [0, 0.1) is 11.3 Å². The number of hydrogen-bond acceptors (Lipinski definition) is 3. The van der Waals surface area contributed by atoms with Crippen LogP contribution in [0.15, 0.2) is 18.2 Å². The molecule has 0 spiro atoms. The highest BCUT2D eigenvalue weighted by Gasteiger charge is 2.07. The molecule has 4 nitrogen and oxygen atoms in total. The van der Waals surface area contributed by atoms with Crippen LogP contribution in [0.1, 0.15) is 6.42 Å². The van der Waals surface area contributed by atoms with Crippen molar-refractivity contribution in [1.82, 2.24) is 0 Å². The minimum absolute atomic E-state index is 0.189. The van der Waals surface area contributed by atoms with Gasteiger partial charge in [-0.2, -0.15) is 5.26 Å². The molecule has 0 heterocycles. The maximum absolute atomic E-state index is 11.1. The van der Waals surface area contributed by atoms with E-state index in [1.54, 1.807) is 24.3 Å². The fourth-order valence-corrected chi connectivity index (χ4v) is 1.20. The van der Waals surface area contributed by atoms with E-state index < -0.39 is 0 Å². The molecule has 0 radical (unpaired) electrons. The average Bonchev–Trinajstić information content (AvgIpc) is 2.21. The molecule has 1 amide bonds. The van der Waals surface area contributed by atoms with E-state index in [-0.39, 0.29) is 12.3 Å². The number of methoxy groups -OCH3 is 1. The lowest BCUT2D eigenvalue weighted by molar-refractivity contribution is -0.115. The predicted octanol–water partition coefficient (Wildman–Crippen LogP) is 2.20. The Morgan fingerprint density at radius 3 is 3.00 bits per heavy atom. The lowest BCUT2D eigenvalue weighted by Gasteiger charge is -2.08. The Balaban J connectivity index is 2.85. The number of hydrogen-bond donors (Lipinski definition) is 1. The summed E-state index contributed by atoms with van der Waals surface area (Å²) in [6, 6.07) is 6.60. The Morgan fingerprint density at radius 1 is 1.67 bits per heavy atom. The molecule has 1 aromatic rings. The van der Waals surface area contributed by atoms with Crippen LogP contribution in [0.4, 0.5) is 5.69 Å². The van der Waals surface area contributed by atoms with Crippen LogP contribution >= 0.6 is 11.6 Å². The van der Waals surface area contributed by atoms with Gasteiger partial charge in [-0.1, -0.05) is 11.6 Å². The zero-order chi connectivity index (χ0) is 11.3. The van der Waals surface area contributed by atoms with Gasteiger partial charge in [-0.3, -0.25) is 4.79 Å². The normalized spacial score (nSPS) is 9.13. The Bertz CT molecular complexity index is 412. The van der Waals surface area contributed by atoms with Crippen molar-refractivity contribution in [2.75, 3.05) is 12.4 Å². The zero-order valence-corrected chi connectivity index (χ0v) is 8.84. The third kappa shape index (κ3) is 3.15. The minimum Gasteiger partial charge on any atom is -0.495 e. The Hall–Kier alpha value is -1.73. The van der Waals surface area contributed by atoms with Gasteiger partial charge in [0.25, 0.3) is 0 Å². The highest BCUT2D eigenvalue weighted by Crippen LogP contribution is 2.27. The van der Waals surface area contributed by atoms with Crippen LogP contribution in [-0.4, -0.2) is 13.0 Å². The van der Waals surface area contributed by atoms with E-state index in [9.17, 15) is 4.79 Å². The van der Waals surface area contributed by atoms with Crippen molar-refractivity contribution >= 4 is 23.2 Å². The van der Waals surface area contributed by atoms with Gasteiger partial charge in [0.2, 0.25) is 5.91 Å². The quantitative estimate of drug-likeness (QED) is 0.856. The van der Waals surface area contributed by atoms with Crippen molar-refractivity contribution in [3.05, 3.63) is 23.2 Å². The second kappa shape index (κ2) is 5.23. The molecule has 0 unspecified atom stereocenters. The third-order valence-corrected chi connectivity index (χ3v) is 1.91. The first-order chi connectivity index (χ1) is 7.17. The molecule has 15 heavy (non-hydrogen) atoms.